The summed E-state index contributed by atoms with van der Waals surface area (Å²) in [5.41, 5.74) is 2.93. The summed E-state index contributed by atoms with van der Waals surface area (Å²) in [6.07, 6.45) is 10.8. The average Bonchev–Trinajstić information content (AvgIpc) is 2.74. The lowest BCUT2D eigenvalue weighted by molar-refractivity contribution is 0.375. The van der Waals surface area contributed by atoms with Crippen LogP contribution >= 0.6 is 21.0 Å². The van der Waals surface area contributed by atoms with E-state index in [9.17, 15) is 4.39 Å². The molecular weight excluding hydrogens is 396 g/mol. The van der Waals surface area contributed by atoms with Gasteiger partial charge >= 0.3 is 0 Å². The maximum absolute atomic E-state index is 14.1. The van der Waals surface area contributed by atoms with Crippen molar-refractivity contribution in [1.29, 1.82) is 5.26 Å². The highest BCUT2D eigenvalue weighted by Gasteiger charge is 2.20. The third kappa shape index (κ3) is 5.96. The summed E-state index contributed by atoms with van der Waals surface area (Å²) >= 11 is 0.828. The second kappa shape index (κ2) is 10.6. The standard InChI is InChI=1S/C25H25FNPS/c1-2-3-4-18-7-11-21(12-8-18)22-13-9-19(10-14-22)5-6-20-15-23(26)25(29-17-27)24(28)16-20/h3-4,9-10,13-16,18,21H,2,7-8,11-12,28H2,1H3/b4-3+. The van der Waals surface area contributed by atoms with Crippen LogP contribution in [-0.4, -0.2) is 0 Å². The van der Waals surface area contributed by atoms with Crippen LogP contribution in [0.4, 0.5) is 4.39 Å². The number of hydrogen-bond acceptors (Lipinski definition) is 2. The van der Waals surface area contributed by atoms with Gasteiger partial charge in [0.05, 0.1) is 4.90 Å². The normalized spacial score (nSPS) is 18.8. The molecule has 1 unspecified atom stereocenters. The summed E-state index contributed by atoms with van der Waals surface area (Å²) in [4.78, 5) is 0.340. The van der Waals surface area contributed by atoms with Crippen LogP contribution in [0.3, 0.4) is 0 Å². The zero-order valence-electron chi connectivity index (χ0n) is 16.6. The number of hydrogen-bond donors (Lipinski definition) is 0. The lowest BCUT2D eigenvalue weighted by atomic mass is 9.78. The van der Waals surface area contributed by atoms with Crippen LogP contribution in [0.1, 0.15) is 61.6 Å². The van der Waals surface area contributed by atoms with Gasteiger partial charge in [0.15, 0.2) is 0 Å². The van der Waals surface area contributed by atoms with Gasteiger partial charge in [-0.1, -0.05) is 43.0 Å². The Morgan fingerprint density at radius 1 is 1.10 bits per heavy atom. The molecule has 0 radical (unpaired) electrons. The van der Waals surface area contributed by atoms with E-state index in [1.165, 1.54) is 37.3 Å². The molecule has 0 heterocycles. The molecule has 29 heavy (non-hydrogen) atoms. The van der Waals surface area contributed by atoms with Crippen LogP contribution in [0.15, 0.2) is 53.4 Å². The minimum absolute atomic E-state index is 0.340. The van der Waals surface area contributed by atoms with E-state index in [1.807, 2.05) is 5.40 Å². The Bertz CT molecular complexity index is 948. The Morgan fingerprint density at radius 3 is 2.41 bits per heavy atom. The zero-order valence-corrected chi connectivity index (χ0v) is 18.6. The summed E-state index contributed by atoms with van der Waals surface area (Å²) in [6, 6.07) is 11.7. The molecule has 0 saturated heterocycles. The highest BCUT2D eigenvalue weighted by atomic mass is 32.2. The summed E-state index contributed by atoms with van der Waals surface area (Å²) in [5, 5.41) is 11.3. The van der Waals surface area contributed by atoms with Crippen molar-refractivity contribution in [2.45, 2.75) is 49.8 Å². The second-order valence-electron chi connectivity index (χ2n) is 7.39. The van der Waals surface area contributed by atoms with Crippen molar-refractivity contribution < 1.29 is 4.39 Å². The largest absolute Gasteiger partial charge is 0.206 e. The van der Waals surface area contributed by atoms with E-state index in [0.717, 1.165) is 29.7 Å². The predicted molar refractivity (Wildman–Crippen MR) is 124 cm³/mol. The lowest BCUT2D eigenvalue weighted by Gasteiger charge is -2.27. The molecule has 4 heteroatoms. The van der Waals surface area contributed by atoms with Gasteiger partial charge in [-0.25, -0.2) is 4.39 Å². The first kappa shape index (κ1) is 21.6. The van der Waals surface area contributed by atoms with Crippen LogP contribution in [0.25, 0.3) is 0 Å². The van der Waals surface area contributed by atoms with Gasteiger partial charge in [-0.2, -0.15) is 5.26 Å². The van der Waals surface area contributed by atoms with Gasteiger partial charge in [0.25, 0.3) is 0 Å². The average molecular weight is 422 g/mol. The Labute approximate surface area is 180 Å². The first-order valence-electron chi connectivity index (χ1n) is 10.0. The highest BCUT2D eigenvalue weighted by Crippen LogP contribution is 2.36. The van der Waals surface area contributed by atoms with E-state index in [2.05, 4.69) is 64.4 Å². The molecule has 1 fully saturated rings. The molecular formula is C25H25FNPS. The molecule has 0 N–H and O–H groups in total. The number of nitriles is 1. The fourth-order valence-corrected chi connectivity index (χ4v) is 4.72. The van der Waals surface area contributed by atoms with Crippen molar-refractivity contribution in [2.24, 2.45) is 5.92 Å². The summed E-state index contributed by atoms with van der Waals surface area (Å²) in [7, 11) is 2.47. The van der Waals surface area contributed by atoms with Crippen molar-refractivity contribution in [3.05, 3.63) is 71.1 Å². The van der Waals surface area contributed by atoms with Crippen molar-refractivity contribution in [2.75, 3.05) is 0 Å². The lowest BCUT2D eigenvalue weighted by Crippen LogP contribution is -2.11. The fraction of sp³-hybridized carbons (Fsp3) is 0.320. The number of thiocyanates is 1. The Hall–Kier alpha value is -2.06. The summed E-state index contributed by atoms with van der Waals surface area (Å²) in [6.45, 7) is 2.19. The van der Waals surface area contributed by atoms with E-state index >= 15 is 0 Å². The van der Waals surface area contributed by atoms with Gasteiger partial charge in [0.1, 0.15) is 11.2 Å². The molecule has 1 aliphatic rings. The molecule has 3 rings (SSSR count). The zero-order chi connectivity index (χ0) is 20.6. The molecule has 0 bridgehead atoms. The number of benzene rings is 2. The van der Waals surface area contributed by atoms with Crippen molar-refractivity contribution >= 4 is 26.3 Å². The van der Waals surface area contributed by atoms with Gasteiger partial charge in [-0.3, -0.25) is 0 Å². The second-order valence-corrected chi connectivity index (χ2v) is 8.81. The number of rotatable bonds is 4. The van der Waals surface area contributed by atoms with Crippen molar-refractivity contribution in [1.82, 2.24) is 0 Å². The molecule has 0 amide bonds. The Balaban J connectivity index is 1.65. The van der Waals surface area contributed by atoms with Crippen LogP contribution in [0.2, 0.25) is 0 Å². The number of nitrogens with zero attached hydrogens (tertiary/aromatic N) is 1. The molecule has 148 valence electrons. The minimum atomic E-state index is -0.409. The van der Waals surface area contributed by atoms with Crippen molar-refractivity contribution in [3.63, 3.8) is 0 Å². The minimum Gasteiger partial charge on any atom is -0.206 e. The van der Waals surface area contributed by atoms with Gasteiger partial charge in [-0.15, -0.1) is 9.24 Å². The Morgan fingerprint density at radius 2 is 1.79 bits per heavy atom. The molecule has 0 aromatic heterocycles. The topological polar surface area (TPSA) is 23.8 Å². The molecule has 2 aromatic rings. The molecule has 1 aliphatic carbocycles. The molecule has 0 spiro atoms. The number of halogens is 1. The van der Waals surface area contributed by atoms with Crippen LogP contribution < -0.4 is 5.30 Å². The molecule has 1 saturated carbocycles. The highest BCUT2D eigenvalue weighted by molar-refractivity contribution is 8.04. The molecule has 1 nitrogen and oxygen atoms in total. The SMILES string of the molecule is CC/C=C/C1CCC(c2ccc(C#Cc3cc(F)c(SC#N)c(P)c3)cc2)CC1. The smallest absolute Gasteiger partial charge is 0.139 e. The third-order valence-corrected chi connectivity index (χ3v) is 6.76. The third-order valence-electron chi connectivity index (χ3n) is 5.37. The quantitative estimate of drug-likeness (QED) is 0.184. The summed E-state index contributed by atoms with van der Waals surface area (Å²) < 4.78 is 14.1. The molecule has 0 aliphatic heterocycles. The first-order chi connectivity index (χ1) is 14.1. The Kier molecular flexibility index (Phi) is 7.94. The van der Waals surface area contributed by atoms with E-state index in [-0.39, 0.29) is 0 Å². The van der Waals surface area contributed by atoms with Gasteiger partial charge < -0.3 is 0 Å². The van der Waals surface area contributed by atoms with Gasteiger partial charge in [0, 0.05) is 11.1 Å². The van der Waals surface area contributed by atoms with E-state index < -0.39 is 5.82 Å². The van der Waals surface area contributed by atoms with Gasteiger partial charge in [-0.05, 0) is 90.8 Å². The van der Waals surface area contributed by atoms with E-state index in [0.29, 0.717) is 21.7 Å². The number of thioether (sulfide) groups is 1. The summed E-state index contributed by atoms with van der Waals surface area (Å²) in [5.74, 6) is 7.13. The molecule has 2 aromatic carbocycles. The maximum atomic E-state index is 14.1. The van der Waals surface area contributed by atoms with Crippen molar-refractivity contribution in [3.8, 4) is 17.2 Å². The maximum Gasteiger partial charge on any atom is 0.139 e. The molecule has 1 atom stereocenters. The number of allylic oxidation sites excluding steroid dienone is 2. The fourth-order valence-electron chi connectivity index (χ4n) is 3.80. The van der Waals surface area contributed by atoms with Crippen LogP contribution in [-0.2, 0) is 0 Å². The monoisotopic (exact) mass is 421 g/mol. The van der Waals surface area contributed by atoms with Crippen LogP contribution in [0.5, 0.6) is 0 Å². The first-order valence-corrected chi connectivity index (χ1v) is 11.4. The predicted octanol–water partition coefficient (Wildman–Crippen LogP) is 6.54. The van der Waals surface area contributed by atoms with Gasteiger partial charge in [0.2, 0.25) is 0 Å². The van der Waals surface area contributed by atoms with Crippen LogP contribution in [0, 0.1) is 34.2 Å². The van der Waals surface area contributed by atoms with E-state index in [4.69, 9.17) is 5.26 Å². The van der Waals surface area contributed by atoms with E-state index in [1.54, 1.807) is 6.07 Å².